The summed E-state index contributed by atoms with van der Waals surface area (Å²) in [6.45, 7) is 11.5. The van der Waals surface area contributed by atoms with Gasteiger partial charge in [-0.15, -0.1) is 0 Å². The third-order valence-corrected chi connectivity index (χ3v) is 10.5. The van der Waals surface area contributed by atoms with E-state index in [1.807, 2.05) is 43.9 Å². The van der Waals surface area contributed by atoms with Crippen LogP contribution in [0.15, 0.2) is 48.5 Å². The van der Waals surface area contributed by atoms with Crippen molar-refractivity contribution in [3.8, 4) is 0 Å². The van der Waals surface area contributed by atoms with Gasteiger partial charge in [0.2, 0.25) is 5.91 Å². The number of hydrogen-bond acceptors (Lipinski definition) is 4. The number of halogens is 2. The molecule has 2 amide bonds. The molecule has 43 heavy (non-hydrogen) atoms. The molecule has 6 nitrogen and oxygen atoms in total. The van der Waals surface area contributed by atoms with Crippen molar-refractivity contribution in [3.05, 3.63) is 69.7 Å². The number of benzene rings is 2. The molecule has 8 heteroatoms. The van der Waals surface area contributed by atoms with Crippen molar-refractivity contribution in [2.45, 2.75) is 88.6 Å². The average molecular weight is 629 g/mol. The van der Waals surface area contributed by atoms with Crippen LogP contribution in [0.5, 0.6) is 0 Å². The second-order valence-corrected chi connectivity index (χ2v) is 14.6. The van der Waals surface area contributed by atoms with E-state index in [9.17, 15) is 9.59 Å². The summed E-state index contributed by atoms with van der Waals surface area (Å²) in [4.78, 5) is 33.5. The fraction of sp³-hybridized carbons (Fsp3) is 0.600. The first-order valence-electron chi connectivity index (χ1n) is 16.0. The Labute approximate surface area is 267 Å². The van der Waals surface area contributed by atoms with Crippen LogP contribution >= 0.6 is 23.2 Å². The Kier molecular flexibility index (Phi) is 9.99. The molecule has 3 aliphatic rings. The third-order valence-electron chi connectivity index (χ3n) is 9.73. The van der Waals surface area contributed by atoms with Crippen molar-refractivity contribution in [2.75, 3.05) is 45.8 Å². The first-order chi connectivity index (χ1) is 20.5. The van der Waals surface area contributed by atoms with Crippen LogP contribution in [0.3, 0.4) is 0 Å². The molecule has 0 radical (unpaired) electrons. The number of carbonyl (C=O) groups is 2. The van der Waals surface area contributed by atoms with E-state index in [2.05, 4.69) is 40.1 Å². The lowest BCUT2D eigenvalue weighted by molar-refractivity contribution is -0.138. The highest BCUT2D eigenvalue weighted by Gasteiger charge is 2.46. The summed E-state index contributed by atoms with van der Waals surface area (Å²) in [5.41, 5.74) is 1.10. The van der Waals surface area contributed by atoms with Crippen LogP contribution in [0.1, 0.15) is 83.3 Å². The fourth-order valence-electron chi connectivity index (χ4n) is 7.43. The van der Waals surface area contributed by atoms with Crippen LogP contribution in [0, 0.1) is 0 Å². The molecular formula is C35H47Cl2N3O3. The summed E-state index contributed by atoms with van der Waals surface area (Å²) < 4.78 is 5.76. The van der Waals surface area contributed by atoms with E-state index in [-0.39, 0.29) is 11.5 Å². The highest BCUT2D eigenvalue weighted by Crippen LogP contribution is 2.42. The summed E-state index contributed by atoms with van der Waals surface area (Å²) in [6.07, 6.45) is 7.44. The second kappa shape index (κ2) is 13.4. The van der Waals surface area contributed by atoms with Gasteiger partial charge >= 0.3 is 6.09 Å². The quantitative estimate of drug-likeness (QED) is 0.316. The lowest BCUT2D eigenvalue weighted by Gasteiger charge is -2.45. The van der Waals surface area contributed by atoms with Gasteiger partial charge in [0.25, 0.3) is 0 Å². The fourth-order valence-corrected chi connectivity index (χ4v) is 7.73. The number of carbonyl (C=O) groups excluding carboxylic acids is 2. The van der Waals surface area contributed by atoms with Gasteiger partial charge in [-0.3, -0.25) is 4.79 Å². The normalized spacial score (nSPS) is 22.9. The highest BCUT2D eigenvalue weighted by molar-refractivity contribution is 6.42. The molecule has 2 aromatic rings. The summed E-state index contributed by atoms with van der Waals surface area (Å²) in [7, 11) is 0. The largest absolute Gasteiger partial charge is 0.444 e. The minimum absolute atomic E-state index is 0.224. The number of amides is 2. The molecule has 1 atom stereocenters. The average Bonchev–Trinajstić information content (AvgIpc) is 3.53. The van der Waals surface area contributed by atoms with Gasteiger partial charge in [-0.2, -0.15) is 0 Å². The van der Waals surface area contributed by atoms with Crippen LogP contribution in [0.2, 0.25) is 10.0 Å². The minimum atomic E-state index is -0.542. The summed E-state index contributed by atoms with van der Waals surface area (Å²) in [5, 5.41) is 1.09. The molecule has 2 aromatic carbocycles. The lowest BCUT2D eigenvalue weighted by Crippen LogP contribution is -2.52. The van der Waals surface area contributed by atoms with E-state index >= 15 is 0 Å². The van der Waals surface area contributed by atoms with Gasteiger partial charge in [0, 0.05) is 31.6 Å². The number of nitrogens with zero attached hydrogens (tertiary/aromatic N) is 3. The zero-order valence-corrected chi connectivity index (χ0v) is 27.6. The van der Waals surface area contributed by atoms with E-state index in [0.29, 0.717) is 29.0 Å². The SMILES string of the molecule is CC(C)(C)OC(=O)N1CCCC(CCCN2CCC(C(=O)N3CCCC3)(c3ccccc3)CC2)(c2ccc(Cl)c(Cl)c2)C1. The molecule has 0 saturated carbocycles. The Hall–Kier alpha value is -2.28. The van der Waals surface area contributed by atoms with Gasteiger partial charge in [-0.25, -0.2) is 4.79 Å². The van der Waals surface area contributed by atoms with Gasteiger partial charge in [-0.05, 0) is 115 Å². The third kappa shape index (κ3) is 7.34. The highest BCUT2D eigenvalue weighted by atomic mass is 35.5. The lowest BCUT2D eigenvalue weighted by atomic mass is 9.70. The standard InChI is InChI=1S/C35H47Cl2N3O3/c1-33(2,3)43-32(42)40-22-10-16-34(26-40,28-13-14-29(36)30(37)25-28)15-9-19-38-23-17-35(18-24-38,27-11-5-4-6-12-27)31(41)39-20-7-8-21-39/h4-6,11-14,25H,7-10,15-24,26H2,1-3H3. The number of hydrogen-bond donors (Lipinski definition) is 0. The van der Waals surface area contributed by atoms with E-state index < -0.39 is 11.0 Å². The smallest absolute Gasteiger partial charge is 0.410 e. The number of likely N-dealkylation sites (tertiary alicyclic amines) is 3. The molecule has 1 unspecified atom stereocenters. The predicted octanol–water partition coefficient (Wildman–Crippen LogP) is 7.70. The Balaban J connectivity index is 1.28. The molecular weight excluding hydrogens is 581 g/mol. The Morgan fingerprint density at radius 2 is 1.49 bits per heavy atom. The predicted molar refractivity (Wildman–Crippen MR) is 174 cm³/mol. The molecule has 0 bridgehead atoms. The van der Waals surface area contributed by atoms with Gasteiger partial charge in [-0.1, -0.05) is 59.6 Å². The number of ether oxygens (including phenoxy) is 1. The van der Waals surface area contributed by atoms with Crippen LogP contribution < -0.4 is 0 Å². The first kappa shape index (κ1) is 32.1. The van der Waals surface area contributed by atoms with Crippen LogP contribution in [-0.4, -0.2) is 78.1 Å². The van der Waals surface area contributed by atoms with Gasteiger partial charge in [0.05, 0.1) is 15.5 Å². The Morgan fingerprint density at radius 1 is 0.814 bits per heavy atom. The monoisotopic (exact) mass is 627 g/mol. The molecule has 0 aliphatic carbocycles. The van der Waals surface area contributed by atoms with Crippen molar-refractivity contribution in [3.63, 3.8) is 0 Å². The van der Waals surface area contributed by atoms with E-state index in [1.54, 1.807) is 0 Å². The Morgan fingerprint density at radius 3 is 2.14 bits per heavy atom. The molecule has 0 aromatic heterocycles. The van der Waals surface area contributed by atoms with Crippen LogP contribution in [-0.2, 0) is 20.4 Å². The molecule has 234 valence electrons. The first-order valence-corrected chi connectivity index (χ1v) is 16.8. The van der Waals surface area contributed by atoms with Gasteiger partial charge < -0.3 is 19.4 Å². The molecule has 5 rings (SSSR count). The van der Waals surface area contributed by atoms with Crippen molar-refractivity contribution < 1.29 is 14.3 Å². The van der Waals surface area contributed by atoms with Crippen molar-refractivity contribution in [1.82, 2.24) is 14.7 Å². The molecule has 0 spiro atoms. The van der Waals surface area contributed by atoms with E-state index in [4.69, 9.17) is 27.9 Å². The van der Waals surface area contributed by atoms with Crippen LogP contribution in [0.25, 0.3) is 0 Å². The van der Waals surface area contributed by atoms with Gasteiger partial charge in [0.1, 0.15) is 5.60 Å². The molecule has 3 fully saturated rings. The zero-order chi connectivity index (χ0) is 30.7. The maximum Gasteiger partial charge on any atom is 0.410 e. The van der Waals surface area contributed by atoms with E-state index in [0.717, 1.165) is 95.2 Å². The summed E-state index contributed by atoms with van der Waals surface area (Å²) in [5.74, 6) is 0.318. The molecule has 3 heterocycles. The van der Waals surface area contributed by atoms with E-state index in [1.165, 1.54) is 0 Å². The van der Waals surface area contributed by atoms with Crippen molar-refractivity contribution in [1.29, 1.82) is 0 Å². The topological polar surface area (TPSA) is 53.1 Å². The molecule has 3 saturated heterocycles. The van der Waals surface area contributed by atoms with Crippen molar-refractivity contribution >= 4 is 35.2 Å². The Bertz CT molecular complexity index is 1270. The van der Waals surface area contributed by atoms with Gasteiger partial charge in [0.15, 0.2) is 0 Å². The second-order valence-electron chi connectivity index (χ2n) is 13.8. The maximum atomic E-state index is 13.9. The minimum Gasteiger partial charge on any atom is -0.444 e. The van der Waals surface area contributed by atoms with Crippen molar-refractivity contribution in [2.24, 2.45) is 0 Å². The number of rotatable bonds is 7. The molecule has 0 N–H and O–H groups in total. The molecule has 3 aliphatic heterocycles. The van der Waals surface area contributed by atoms with Crippen LogP contribution in [0.4, 0.5) is 4.79 Å². The zero-order valence-electron chi connectivity index (χ0n) is 26.0. The maximum absolute atomic E-state index is 13.9. The summed E-state index contributed by atoms with van der Waals surface area (Å²) in [6, 6.07) is 16.4. The summed E-state index contributed by atoms with van der Waals surface area (Å²) >= 11 is 12.8. The number of piperidine rings is 2.